The van der Waals surface area contributed by atoms with Crippen LogP contribution >= 0.6 is 22.7 Å². The third kappa shape index (κ3) is 1.73. The van der Waals surface area contributed by atoms with Gasteiger partial charge in [-0.05, 0) is 19.1 Å². The highest BCUT2D eigenvalue weighted by Crippen LogP contribution is 2.32. The molecule has 4 heteroatoms. The first kappa shape index (κ1) is 8.72. The van der Waals surface area contributed by atoms with Crippen LogP contribution in [0.2, 0.25) is 0 Å². The van der Waals surface area contributed by atoms with E-state index in [2.05, 4.69) is 13.0 Å². The number of carboxylic acids is 1. The highest BCUT2D eigenvalue weighted by Gasteiger charge is 2.07. The third-order valence-corrected chi connectivity index (χ3v) is 3.92. The standard InChI is InChI=1S/C9H8O2S2/c1-5-2-7-8(12-5)3-6(13-7)4-9(10)11/h2-3H,4H2,1H3,(H,10,11). The number of fused-ring (bicyclic) bond motifs is 1. The van der Waals surface area contributed by atoms with Crippen molar-refractivity contribution in [3.63, 3.8) is 0 Å². The fourth-order valence-corrected chi connectivity index (χ4v) is 3.58. The zero-order valence-corrected chi connectivity index (χ0v) is 8.67. The van der Waals surface area contributed by atoms with E-state index in [0.29, 0.717) is 0 Å². The molecule has 0 fully saturated rings. The fourth-order valence-electron chi connectivity index (χ4n) is 1.24. The molecule has 0 saturated heterocycles. The van der Waals surface area contributed by atoms with E-state index >= 15 is 0 Å². The van der Waals surface area contributed by atoms with E-state index in [9.17, 15) is 4.79 Å². The van der Waals surface area contributed by atoms with Gasteiger partial charge in [-0.3, -0.25) is 4.79 Å². The van der Waals surface area contributed by atoms with Crippen LogP contribution in [0.1, 0.15) is 9.75 Å². The minimum Gasteiger partial charge on any atom is -0.481 e. The van der Waals surface area contributed by atoms with Crippen molar-refractivity contribution < 1.29 is 9.90 Å². The largest absolute Gasteiger partial charge is 0.481 e. The molecule has 68 valence electrons. The number of carboxylic acid groups (broad SMARTS) is 1. The van der Waals surface area contributed by atoms with E-state index < -0.39 is 5.97 Å². The zero-order valence-electron chi connectivity index (χ0n) is 7.03. The maximum absolute atomic E-state index is 10.4. The van der Waals surface area contributed by atoms with Gasteiger partial charge in [-0.25, -0.2) is 0 Å². The van der Waals surface area contributed by atoms with Crippen LogP contribution < -0.4 is 0 Å². The molecule has 2 heterocycles. The van der Waals surface area contributed by atoms with Gasteiger partial charge < -0.3 is 5.11 Å². The second kappa shape index (κ2) is 3.12. The highest BCUT2D eigenvalue weighted by molar-refractivity contribution is 7.27. The van der Waals surface area contributed by atoms with Crippen molar-refractivity contribution in [1.82, 2.24) is 0 Å². The van der Waals surface area contributed by atoms with Gasteiger partial charge in [0.15, 0.2) is 0 Å². The normalized spacial score (nSPS) is 10.8. The molecule has 0 amide bonds. The lowest BCUT2D eigenvalue weighted by Gasteiger charge is -1.86. The lowest BCUT2D eigenvalue weighted by Crippen LogP contribution is -1.96. The first-order chi connectivity index (χ1) is 6.15. The number of carbonyl (C=O) groups is 1. The second-order valence-corrected chi connectivity index (χ2v) is 5.33. The predicted molar refractivity (Wildman–Crippen MR) is 55.8 cm³/mol. The summed E-state index contributed by atoms with van der Waals surface area (Å²) < 4.78 is 2.41. The molecule has 0 radical (unpaired) electrons. The monoisotopic (exact) mass is 212 g/mol. The van der Waals surface area contributed by atoms with Crippen LogP contribution in [0.5, 0.6) is 0 Å². The average molecular weight is 212 g/mol. The number of rotatable bonds is 2. The molecule has 0 saturated carbocycles. The van der Waals surface area contributed by atoms with Crippen molar-refractivity contribution in [3.8, 4) is 0 Å². The lowest BCUT2D eigenvalue weighted by molar-refractivity contribution is -0.136. The van der Waals surface area contributed by atoms with E-state index in [1.54, 1.807) is 22.7 Å². The number of hydrogen-bond donors (Lipinski definition) is 1. The van der Waals surface area contributed by atoms with E-state index in [4.69, 9.17) is 5.11 Å². The second-order valence-electron chi connectivity index (χ2n) is 2.87. The topological polar surface area (TPSA) is 37.3 Å². The molecular formula is C9H8O2S2. The minimum absolute atomic E-state index is 0.144. The van der Waals surface area contributed by atoms with Crippen molar-refractivity contribution in [1.29, 1.82) is 0 Å². The zero-order chi connectivity index (χ0) is 9.42. The Balaban J connectivity index is 2.39. The molecule has 0 atom stereocenters. The van der Waals surface area contributed by atoms with Crippen molar-refractivity contribution >= 4 is 38.0 Å². The first-order valence-corrected chi connectivity index (χ1v) is 5.49. The molecule has 2 aromatic rings. The highest BCUT2D eigenvalue weighted by atomic mass is 32.1. The van der Waals surface area contributed by atoms with Gasteiger partial charge in [0.25, 0.3) is 0 Å². The molecule has 0 aromatic carbocycles. The Hall–Kier alpha value is -0.870. The van der Waals surface area contributed by atoms with Gasteiger partial charge in [-0.1, -0.05) is 0 Å². The van der Waals surface area contributed by atoms with Gasteiger partial charge in [0.2, 0.25) is 0 Å². The molecule has 0 aliphatic rings. The van der Waals surface area contributed by atoms with Crippen molar-refractivity contribution in [3.05, 3.63) is 21.9 Å². The molecular weight excluding hydrogens is 204 g/mol. The van der Waals surface area contributed by atoms with Crippen molar-refractivity contribution in [2.24, 2.45) is 0 Å². The number of thiophene rings is 2. The molecule has 0 unspecified atom stereocenters. The van der Waals surface area contributed by atoms with Gasteiger partial charge in [0.1, 0.15) is 0 Å². The molecule has 2 nitrogen and oxygen atoms in total. The first-order valence-electron chi connectivity index (χ1n) is 3.86. The van der Waals surface area contributed by atoms with Crippen LogP contribution in [0.3, 0.4) is 0 Å². The summed E-state index contributed by atoms with van der Waals surface area (Å²) in [5, 5.41) is 8.59. The maximum atomic E-state index is 10.4. The number of aliphatic carboxylic acids is 1. The summed E-state index contributed by atoms with van der Waals surface area (Å²) in [4.78, 5) is 12.7. The summed E-state index contributed by atoms with van der Waals surface area (Å²) in [6.45, 7) is 2.06. The van der Waals surface area contributed by atoms with Crippen LogP contribution in [0.25, 0.3) is 9.40 Å². The lowest BCUT2D eigenvalue weighted by atomic mass is 10.3. The Morgan fingerprint density at radius 1 is 1.38 bits per heavy atom. The summed E-state index contributed by atoms with van der Waals surface area (Å²) in [6.07, 6.45) is 0.144. The van der Waals surface area contributed by atoms with E-state index in [1.165, 1.54) is 14.3 Å². The average Bonchev–Trinajstić information content (AvgIpc) is 2.41. The number of aryl methyl sites for hydroxylation is 1. The van der Waals surface area contributed by atoms with Crippen molar-refractivity contribution in [2.45, 2.75) is 13.3 Å². The molecule has 13 heavy (non-hydrogen) atoms. The van der Waals surface area contributed by atoms with E-state index in [1.807, 2.05) is 6.07 Å². The molecule has 0 bridgehead atoms. The van der Waals surface area contributed by atoms with Gasteiger partial charge in [-0.2, -0.15) is 0 Å². The quantitative estimate of drug-likeness (QED) is 0.831. The van der Waals surface area contributed by atoms with E-state index in [0.717, 1.165) is 4.88 Å². The Morgan fingerprint density at radius 3 is 2.69 bits per heavy atom. The SMILES string of the molecule is Cc1cc2sc(CC(=O)O)cc2s1. The third-order valence-electron chi connectivity index (χ3n) is 1.71. The van der Waals surface area contributed by atoms with Crippen LogP contribution in [0.4, 0.5) is 0 Å². The van der Waals surface area contributed by atoms with Crippen molar-refractivity contribution in [2.75, 3.05) is 0 Å². The Bertz CT molecular complexity index is 422. The maximum Gasteiger partial charge on any atom is 0.308 e. The fraction of sp³-hybridized carbons (Fsp3) is 0.222. The Labute approximate surface area is 83.4 Å². The van der Waals surface area contributed by atoms with Crippen LogP contribution in [-0.4, -0.2) is 11.1 Å². The Morgan fingerprint density at radius 2 is 2.08 bits per heavy atom. The molecule has 0 aliphatic heterocycles. The summed E-state index contributed by atoms with van der Waals surface area (Å²) >= 11 is 3.29. The van der Waals surface area contributed by atoms with Crippen LogP contribution in [0, 0.1) is 6.92 Å². The predicted octanol–water partition coefficient (Wildman–Crippen LogP) is 2.90. The van der Waals surface area contributed by atoms with Crippen LogP contribution in [0.15, 0.2) is 12.1 Å². The van der Waals surface area contributed by atoms with Gasteiger partial charge in [0.05, 0.1) is 6.42 Å². The van der Waals surface area contributed by atoms with Crippen LogP contribution in [-0.2, 0) is 11.2 Å². The van der Waals surface area contributed by atoms with Gasteiger partial charge >= 0.3 is 5.97 Å². The molecule has 0 aliphatic carbocycles. The molecule has 2 aromatic heterocycles. The number of hydrogen-bond acceptors (Lipinski definition) is 3. The molecule has 0 spiro atoms. The summed E-state index contributed by atoms with van der Waals surface area (Å²) in [5.74, 6) is -0.759. The molecule has 1 N–H and O–H groups in total. The summed E-state index contributed by atoms with van der Waals surface area (Å²) in [6, 6.07) is 4.09. The minimum atomic E-state index is -0.759. The molecule has 2 rings (SSSR count). The smallest absolute Gasteiger partial charge is 0.308 e. The Kier molecular flexibility index (Phi) is 2.09. The van der Waals surface area contributed by atoms with E-state index in [-0.39, 0.29) is 6.42 Å². The summed E-state index contributed by atoms with van der Waals surface area (Å²) in [7, 11) is 0. The van der Waals surface area contributed by atoms with Gasteiger partial charge in [-0.15, -0.1) is 22.7 Å². The summed E-state index contributed by atoms with van der Waals surface area (Å²) in [5.41, 5.74) is 0. The van der Waals surface area contributed by atoms with Gasteiger partial charge in [0, 0.05) is 19.2 Å².